The first-order valence-electron chi connectivity index (χ1n) is 7.37. The van der Waals surface area contributed by atoms with Crippen LogP contribution in [0.4, 0.5) is 5.13 Å². The molecule has 0 aliphatic heterocycles. The number of hydrogen-bond donors (Lipinski definition) is 0. The minimum absolute atomic E-state index is 0.131. The number of hydrogen-bond acceptors (Lipinski definition) is 4. The van der Waals surface area contributed by atoms with Gasteiger partial charge in [-0.05, 0) is 25.3 Å². The highest BCUT2D eigenvalue weighted by Crippen LogP contribution is 2.31. The molecule has 5 heteroatoms. The lowest BCUT2D eigenvalue weighted by Gasteiger charge is -2.17. The van der Waals surface area contributed by atoms with Crippen molar-refractivity contribution in [1.82, 2.24) is 10.2 Å². The Balaban J connectivity index is 2.28. The zero-order valence-electron chi connectivity index (χ0n) is 12.8. The van der Waals surface area contributed by atoms with Crippen molar-refractivity contribution in [2.75, 3.05) is 11.4 Å². The lowest BCUT2D eigenvalue weighted by molar-refractivity contribution is -0.118. The molecular weight excluding hydrogens is 282 g/mol. The number of carbonyl (C=O) groups excluding carboxylic acids is 1. The Hall–Kier alpha value is -1.75. The van der Waals surface area contributed by atoms with Crippen LogP contribution in [0.25, 0.3) is 10.6 Å². The first-order chi connectivity index (χ1) is 10.2. The van der Waals surface area contributed by atoms with Gasteiger partial charge in [-0.25, -0.2) is 0 Å². The smallest absolute Gasteiger partial charge is 0.228 e. The van der Waals surface area contributed by atoms with Crippen LogP contribution in [-0.2, 0) is 4.79 Å². The summed E-state index contributed by atoms with van der Waals surface area (Å²) < 4.78 is 0. The molecule has 0 N–H and O–H groups in total. The van der Waals surface area contributed by atoms with E-state index in [0.29, 0.717) is 18.1 Å². The molecule has 2 rings (SSSR count). The fourth-order valence-corrected chi connectivity index (χ4v) is 3.12. The summed E-state index contributed by atoms with van der Waals surface area (Å²) in [6.07, 6.45) is 2.32. The Morgan fingerprint density at radius 1 is 1.19 bits per heavy atom. The maximum Gasteiger partial charge on any atom is 0.228 e. The van der Waals surface area contributed by atoms with Gasteiger partial charge in [-0.2, -0.15) is 0 Å². The largest absolute Gasteiger partial charge is 0.287 e. The van der Waals surface area contributed by atoms with Crippen molar-refractivity contribution in [3.63, 3.8) is 0 Å². The molecule has 21 heavy (non-hydrogen) atoms. The van der Waals surface area contributed by atoms with E-state index in [1.165, 1.54) is 16.9 Å². The van der Waals surface area contributed by atoms with Crippen molar-refractivity contribution in [3.05, 3.63) is 29.8 Å². The number of rotatable bonds is 6. The number of benzene rings is 1. The minimum atomic E-state index is 0.131. The van der Waals surface area contributed by atoms with Crippen LogP contribution in [0.1, 0.15) is 38.7 Å². The van der Waals surface area contributed by atoms with Gasteiger partial charge in [-0.15, -0.1) is 10.2 Å². The second-order valence-electron chi connectivity index (χ2n) is 5.00. The predicted octanol–water partition coefficient (Wildman–Crippen LogP) is 4.06. The Bertz CT molecular complexity index is 609. The Morgan fingerprint density at radius 2 is 1.95 bits per heavy atom. The first kappa shape index (κ1) is 15.6. The van der Waals surface area contributed by atoms with Gasteiger partial charge >= 0.3 is 0 Å². The molecule has 0 saturated carbocycles. The van der Waals surface area contributed by atoms with Crippen molar-refractivity contribution in [2.24, 2.45) is 0 Å². The molecule has 4 nitrogen and oxygen atoms in total. The van der Waals surface area contributed by atoms with Gasteiger partial charge in [-0.3, -0.25) is 9.69 Å². The van der Waals surface area contributed by atoms with Gasteiger partial charge in [0.25, 0.3) is 0 Å². The van der Waals surface area contributed by atoms with Gasteiger partial charge in [0, 0.05) is 18.5 Å². The zero-order chi connectivity index (χ0) is 15.2. The number of aryl methyl sites for hydroxylation is 1. The summed E-state index contributed by atoms with van der Waals surface area (Å²) in [7, 11) is 0. The molecule has 0 bridgehead atoms. The van der Waals surface area contributed by atoms with Gasteiger partial charge in [0.05, 0.1) is 0 Å². The molecule has 1 aromatic carbocycles. The van der Waals surface area contributed by atoms with Gasteiger partial charge < -0.3 is 0 Å². The highest BCUT2D eigenvalue weighted by atomic mass is 32.1. The van der Waals surface area contributed by atoms with Crippen LogP contribution in [0.3, 0.4) is 0 Å². The van der Waals surface area contributed by atoms with Crippen LogP contribution in [0.15, 0.2) is 24.3 Å². The van der Waals surface area contributed by atoms with E-state index >= 15 is 0 Å². The number of aromatic nitrogens is 2. The summed E-state index contributed by atoms with van der Waals surface area (Å²) in [5.74, 6) is 0.131. The van der Waals surface area contributed by atoms with Crippen molar-refractivity contribution in [3.8, 4) is 10.6 Å². The predicted molar refractivity (Wildman–Crippen MR) is 87.6 cm³/mol. The molecule has 0 atom stereocenters. The first-order valence-corrected chi connectivity index (χ1v) is 8.18. The Labute approximate surface area is 129 Å². The summed E-state index contributed by atoms with van der Waals surface area (Å²) in [5, 5.41) is 10.1. The molecule has 1 aromatic heterocycles. The average Bonchev–Trinajstić information content (AvgIpc) is 2.94. The SMILES string of the molecule is CCCC(=O)N(CCC)c1nnc(-c2ccccc2C)s1. The summed E-state index contributed by atoms with van der Waals surface area (Å²) in [4.78, 5) is 14.0. The molecular formula is C16H21N3OS. The van der Waals surface area contributed by atoms with Gasteiger partial charge in [0.2, 0.25) is 11.0 Å². The molecule has 0 fully saturated rings. The van der Waals surface area contributed by atoms with Gasteiger partial charge in [-0.1, -0.05) is 49.4 Å². The maximum absolute atomic E-state index is 12.2. The van der Waals surface area contributed by atoms with Crippen LogP contribution in [0.5, 0.6) is 0 Å². The Morgan fingerprint density at radius 3 is 2.62 bits per heavy atom. The van der Waals surface area contributed by atoms with E-state index in [1.807, 2.05) is 25.1 Å². The zero-order valence-corrected chi connectivity index (χ0v) is 13.6. The van der Waals surface area contributed by atoms with Crippen LogP contribution in [-0.4, -0.2) is 22.6 Å². The number of amides is 1. The molecule has 0 spiro atoms. The quantitative estimate of drug-likeness (QED) is 0.808. The molecule has 0 aliphatic rings. The van der Waals surface area contributed by atoms with Crippen LogP contribution in [0, 0.1) is 6.92 Å². The minimum Gasteiger partial charge on any atom is -0.287 e. The normalized spacial score (nSPS) is 10.6. The maximum atomic E-state index is 12.2. The van der Waals surface area contributed by atoms with E-state index in [1.54, 1.807) is 4.90 Å². The number of carbonyl (C=O) groups is 1. The van der Waals surface area contributed by atoms with Crippen LogP contribution < -0.4 is 4.90 Å². The fourth-order valence-electron chi connectivity index (χ4n) is 2.15. The second-order valence-corrected chi connectivity index (χ2v) is 5.96. The van der Waals surface area contributed by atoms with Crippen molar-refractivity contribution in [1.29, 1.82) is 0 Å². The second kappa shape index (κ2) is 7.31. The van der Waals surface area contributed by atoms with Crippen molar-refractivity contribution >= 4 is 22.4 Å². The Kier molecular flexibility index (Phi) is 5.44. The van der Waals surface area contributed by atoms with Gasteiger partial charge in [0.1, 0.15) is 5.01 Å². The highest BCUT2D eigenvalue weighted by molar-refractivity contribution is 7.18. The molecule has 1 amide bonds. The van der Waals surface area contributed by atoms with E-state index in [9.17, 15) is 4.79 Å². The summed E-state index contributed by atoms with van der Waals surface area (Å²) in [5.41, 5.74) is 2.25. The molecule has 0 radical (unpaired) electrons. The van der Waals surface area contributed by atoms with Gasteiger partial charge in [0.15, 0.2) is 0 Å². The van der Waals surface area contributed by atoms with E-state index in [-0.39, 0.29) is 5.91 Å². The number of anilines is 1. The molecule has 0 unspecified atom stereocenters. The van der Waals surface area contributed by atoms with Crippen LogP contribution in [0.2, 0.25) is 0 Å². The standard InChI is InChI=1S/C16H21N3OS/c1-4-8-14(20)19(11-5-2)16-18-17-15(21-16)13-10-7-6-9-12(13)3/h6-7,9-10H,4-5,8,11H2,1-3H3. The molecule has 112 valence electrons. The van der Waals surface area contributed by atoms with Crippen molar-refractivity contribution < 1.29 is 4.79 Å². The third-order valence-electron chi connectivity index (χ3n) is 3.23. The number of nitrogens with zero attached hydrogens (tertiary/aromatic N) is 3. The lowest BCUT2D eigenvalue weighted by atomic mass is 10.1. The molecule has 1 heterocycles. The average molecular weight is 303 g/mol. The monoisotopic (exact) mass is 303 g/mol. The van der Waals surface area contributed by atoms with E-state index in [2.05, 4.69) is 30.1 Å². The summed E-state index contributed by atoms with van der Waals surface area (Å²) in [6.45, 7) is 6.83. The van der Waals surface area contributed by atoms with E-state index < -0.39 is 0 Å². The highest BCUT2D eigenvalue weighted by Gasteiger charge is 2.19. The van der Waals surface area contributed by atoms with E-state index in [4.69, 9.17) is 0 Å². The van der Waals surface area contributed by atoms with Crippen molar-refractivity contribution in [2.45, 2.75) is 40.0 Å². The third kappa shape index (κ3) is 3.67. The lowest BCUT2D eigenvalue weighted by Crippen LogP contribution is -2.31. The summed E-state index contributed by atoms with van der Waals surface area (Å²) in [6, 6.07) is 8.10. The molecule has 0 aliphatic carbocycles. The van der Waals surface area contributed by atoms with E-state index in [0.717, 1.165) is 23.4 Å². The fraction of sp³-hybridized carbons (Fsp3) is 0.438. The molecule has 0 saturated heterocycles. The van der Waals surface area contributed by atoms with Crippen LogP contribution >= 0.6 is 11.3 Å². The molecule has 2 aromatic rings. The third-order valence-corrected chi connectivity index (χ3v) is 4.21. The topological polar surface area (TPSA) is 46.1 Å². The summed E-state index contributed by atoms with van der Waals surface area (Å²) >= 11 is 1.49.